The number of hydrogen-bond acceptors (Lipinski definition) is 0. The SMILES string of the molecule is Cc1cc(CC(C)C)ccc1-c1cc(-c2ccccc2)cc[n+]1C. The molecule has 3 aromatic rings. The Morgan fingerprint density at radius 1 is 0.875 bits per heavy atom. The van der Waals surface area contributed by atoms with Crippen LogP contribution < -0.4 is 4.57 Å². The van der Waals surface area contributed by atoms with Crippen molar-refractivity contribution in [2.45, 2.75) is 27.2 Å². The average Bonchev–Trinajstić information content (AvgIpc) is 2.56. The van der Waals surface area contributed by atoms with E-state index in [9.17, 15) is 0 Å². The molecule has 0 aliphatic rings. The molecule has 1 heterocycles. The van der Waals surface area contributed by atoms with Crippen LogP contribution in [0, 0.1) is 12.8 Å². The predicted octanol–water partition coefficient (Wildman–Crippen LogP) is 5.35. The van der Waals surface area contributed by atoms with Crippen molar-refractivity contribution in [1.82, 2.24) is 0 Å². The zero-order chi connectivity index (χ0) is 17.1. The number of pyridine rings is 1. The van der Waals surface area contributed by atoms with Gasteiger partial charge in [-0.2, -0.15) is 0 Å². The maximum Gasteiger partial charge on any atom is 0.213 e. The van der Waals surface area contributed by atoms with E-state index in [4.69, 9.17) is 0 Å². The fourth-order valence-corrected chi connectivity index (χ4v) is 3.26. The van der Waals surface area contributed by atoms with E-state index in [1.807, 2.05) is 0 Å². The second kappa shape index (κ2) is 7.00. The average molecular weight is 316 g/mol. The van der Waals surface area contributed by atoms with E-state index in [2.05, 4.69) is 99.2 Å². The quantitative estimate of drug-likeness (QED) is 0.571. The van der Waals surface area contributed by atoms with E-state index in [0.29, 0.717) is 5.92 Å². The van der Waals surface area contributed by atoms with Crippen molar-refractivity contribution in [2.24, 2.45) is 13.0 Å². The van der Waals surface area contributed by atoms with Crippen LogP contribution in [0.2, 0.25) is 0 Å². The molecule has 0 saturated carbocycles. The van der Waals surface area contributed by atoms with Gasteiger partial charge in [0.2, 0.25) is 5.69 Å². The van der Waals surface area contributed by atoms with Gasteiger partial charge in [-0.1, -0.05) is 56.3 Å². The highest BCUT2D eigenvalue weighted by molar-refractivity contribution is 5.70. The van der Waals surface area contributed by atoms with Crippen LogP contribution in [0.25, 0.3) is 22.4 Å². The van der Waals surface area contributed by atoms with Crippen LogP contribution in [0.3, 0.4) is 0 Å². The van der Waals surface area contributed by atoms with Crippen LogP contribution in [0.4, 0.5) is 0 Å². The Kier molecular flexibility index (Phi) is 4.80. The summed E-state index contributed by atoms with van der Waals surface area (Å²) in [6.45, 7) is 6.76. The van der Waals surface area contributed by atoms with Gasteiger partial charge < -0.3 is 0 Å². The van der Waals surface area contributed by atoms with Crippen molar-refractivity contribution >= 4 is 0 Å². The van der Waals surface area contributed by atoms with Crippen molar-refractivity contribution in [2.75, 3.05) is 0 Å². The Hall–Kier alpha value is -2.41. The van der Waals surface area contributed by atoms with Crippen LogP contribution in [0.15, 0.2) is 66.9 Å². The molecule has 1 aromatic heterocycles. The van der Waals surface area contributed by atoms with Crippen molar-refractivity contribution in [1.29, 1.82) is 0 Å². The largest absolute Gasteiger partial charge is 0.213 e. The molecule has 0 fully saturated rings. The van der Waals surface area contributed by atoms with Crippen molar-refractivity contribution in [3.05, 3.63) is 78.0 Å². The lowest BCUT2D eigenvalue weighted by atomic mass is 9.96. The summed E-state index contributed by atoms with van der Waals surface area (Å²) in [5, 5.41) is 0. The van der Waals surface area contributed by atoms with E-state index < -0.39 is 0 Å². The fraction of sp³-hybridized carbons (Fsp3) is 0.261. The molecule has 0 radical (unpaired) electrons. The van der Waals surface area contributed by atoms with Gasteiger partial charge in [0.1, 0.15) is 7.05 Å². The molecule has 0 aliphatic carbocycles. The highest BCUT2D eigenvalue weighted by Crippen LogP contribution is 2.26. The molecule has 0 spiro atoms. The molecule has 0 atom stereocenters. The molecule has 122 valence electrons. The summed E-state index contributed by atoms with van der Waals surface area (Å²) in [7, 11) is 2.12. The number of nitrogens with zero attached hydrogens (tertiary/aromatic N) is 1. The van der Waals surface area contributed by atoms with Gasteiger partial charge in [0, 0.05) is 17.7 Å². The lowest BCUT2D eigenvalue weighted by Crippen LogP contribution is -2.30. The molecule has 1 nitrogen and oxygen atoms in total. The normalized spacial score (nSPS) is 11.0. The first-order chi connectivity index (χ1) is 11.5. The zero-order valence-corrected chi connectivity index (χ0v) is 15.1. The van der Waals surface area contributed by atoms with Gasteiger partial charge in [-0.25, -0.2) is 4.57 Å². The van der Waals surface area contributed by atoms with E-state index in [1.165, 1.54) is 33.5 Å². The summed E-state index contributed by atoms with van der Waals surface area (Å²) in [6.07, 6.45) is 3.29. The Labute approximate surface area is 145 Å². The molecule has 0 N–H and O–H groups in total. The molecule has 0 saturated heterocycles. The van der Waals surface area contributed by atoms with Crippen molar-refractivity contribution in [3.63, 3.8) is 0 Å². The molecule has 24 heavy (non-hydrogen) atoms. The standard InChI is InChI=1S/C23H26N/c1-17(2)14-19-10-11-22(18(3)15-19)23-16-21(12-13-24(23)4)20-8-6-5-7-9-20/h5-13,15-17H,14H2,1-4H3/q+1. The van der Waals surface area contributed by atoms with Crippen LogP contribution >= 0.6 is 0 Å². The van der Waals surface area contributed by atoms with Gasteiger partial charge in [0.25, 0.3) is 0 Å². The Morgan fingerprint density at radius 2 is 1.62 bits per heavy atom. The monoisotopic (exact) mass is 316 g/mol. The van der Waals surface area contributed by atoms with E-state index >= 15 is 0 Å². The van der Waals surface area contributed by atoms with Crippen molar-refractivity contribution in [3.8, 4) is 22.4 Å². The second-order valence-electron chi connectivity index (χ2n) is 7.02. The van der Waals surface area contributed by atoms with Gasteiger partial charge in [0.15, 0.2) is 6.20 Å². The summed E-state index contributed by atoms with van der Waals surface area (Å²) in [4.78, 5) is 0. The van der Waals surface area contributed by atoms with E-state index in [0.717, 1.165) is 6.42 Å². The minimum atomic E-state index is 0.688. The number of rotatable bonds is 4. The Balaban J connectivity index is 2.03. The smallest absolute Gasteiger partial charge is 0.201 e. The summed E-state index contributed by atoms with van der Waals surface area (Å²) in [5.74, 6) is 0.688. The molecule has 3 rings (SSSR count). The lowest BCUT2D eigenvalue weighted by Gasteiger charge is -2.10. The van der Waals surface area contributed by atoms with Crippen molar-refractivity contribution < 1.29 is 4.57 Å². The van der Waals surface area contributed by atoms with Crippen LogP contribution in [-0.2, 0) is 13.5 Å². The summed E-state index contributed by atoms with van der Waals surface area (Å²) in [6, 6.07) is 21.9. The van der Waals surface area contributed by atoms with Crippen LogP contribution in [0.1, 0.15) is 25.0 Å². The molecule has 2 aromatic carbocycles. The molecule has 0 aliphatic heterocycles. The Bertz CT molecular complexity index is 832. The van der Waals surface area contributed by atoms with Gasteiger partial charge in [0.05, 0.1) is 0 Å². The third-order valence-corrected chi connectivity index (χ3v) is 4.47. The minimum absolute atomic E-state index is 0.688. The number of benzene rings is 2. The maximum atomic E-state index is 2.34. The second-order valence-corrected chi connectivity index (χ2v) is 7.02. The van der Waals surface area contributed by atoms with Gasteiger partial charge in [-0.05, 0) is 47.6 Å². The highest BCUT2D eigenvalue weighted by atomic mass is 14.9. The maximum absolute atomic E-state index is 2.34. The lowest BCUT2D eigenvalue weighted by molar-refractivity contribution is -0.660. The third-order valence-electron chi connectivity index (χ3n) is 4.47. The fourth-order valence-electron chi connectivity index (χ4n) is 3.26. The van der Waals surface area contributed by atoms with Crippen LogP contribution in [-0.4, -0.2) is 0 Å². The summed E-state index contributed by atoms with van der Waals surface area (Å²) < 4.78 is 2.21. The molecule has 0 unspecified atom stereocenters. The summed E-state index contributed by atoms with van der Waals surface area (Å²) >= 11 is 0. The molecular formula is C23H26N+. The predicted molar refractivity (Wildman–Crippen MR) is 102 cm³/mol. The van der Waals surface area contributed by atoms with Gasteiger partial charge in [-0.15, -0.1) is 0 Å². The first-order valence-electron chi connectivity index (χ1n) is 8.69. The van der Waals surface area contributed by atoms with Gasteiger partial charge >= 0.3 is 0 Å². The van der Waals surface area contributed by atoms with E-state index in [-0.39, 0.29) is 0 Å². The molecule has 0 bridgehead atoms. The molecule has 1 heteroatoms. The minimum Gasteiger partial charge on any atom is -0.201 e. The summed E-state index contributed by atoms with van der Waals surface area (Å²) in [5.41, 5.74) is 7.85. The first kappa shape index (κ1) is 16.4. The number of aromatic nitrogens is 1. The van der Waals surface area contributed by atoms with E-state index in [1.54, 1.807) is 0 Å². The van der Waals surface area contributed by atoms with Crippen LogP contribution in [0.5, 0.6) is 0 Å². The van der Waals surface area contributed by atoms with Gasteiger partial charge in [-0.3, -0.25) is 0 Å². The zero-order valence-electron chi connectivity index (χ0n) is 15.1. The topological polar surface area (TPSA) is 3.88 Å². The highest BCUT2D eigenvalue weighted by Gasteiger charge is 2.14. The number of aryl methyl sites for hydroxylation is 2. The molecular weight excluding hydrogens is 290 g/mol. The first-order valence-corrected chi connectivity index (χ1v) is 8.69. The third kappa shape index (κ3) is 3.56. The Morgan fingerprint density at radius 3 is 2.29 bits per heavy atom. The number of hydrogen-bond donors (Lipinski definition) is 0. The molecule has 0 amide bonds.